The fourth-order valence-electron chi connectivity index (χ4n) is 1.79. The lowest BCUT2D eigenvalue weighted by Crippen LogP contribution is -2.35. The van der Waals surface area contributed by atoms with Gasteiger partial charge in [0.05, 0.1) is 0 Å². The first kappa shape index (κ1) is 11.4. The Balaban J connectivity index is 1.97. The van der Waals surface area contributed by atoms with Crippen LogP contribution in [0.4, 0.5) is 0 Å². The molecule has 0 saturated carbocycles. The van der Waals surface area contributed by atoms with Gasteiger partial charge >= 0.3 is 0 Å². The zero-order valence-corrected chi connectivity index (χ0v) is 10.5. The lowest BCUT2D eigenvalue weighted by molar-refractivity contribution is 0.0934. The van der Waals surface area contributed by atoms with Crippen molar-refractivity contribution >= 4 is 21.8 Å². The summed E-state index contributed by atoms with van der Waals surface area (Å²) in [6.45, 7) is 0. The summed E-state index contributed by atoms with van der Waals surface area (Å²) in [6.07, 6.45) is 7.35. The van der Waals surface area contributed by atoms with E-state index in [9.17, 15) is 4.79 Å². The van der Waals surface area contributed by atoms with Gasteiger partial charge in [-0.1, -0.05) is 28.1 Å². The van der Waals surface area contributed by atoms with Gasteiger partial charge in [-0.3, -0.25) is 4.79 Å². The molecule has 3 heteroatoms. The Kier molecular flexibility index (Phi) is 3.78. The Morgan fingerprint density at radius 1 is 1.25 bits per heavy atom. The molecule has 84 valence electrons. The van der Waals surface area contributed by atoms with Gasteiger partial charge in [0.1, 0.15) is 0 Å². The zero-order valence-electron chi connectivity index (χ0n) is 8.95. The Hall–Kier alpha value is -1.09. The Labute approximate surface area is 104 Å². The predicted octanol–water partition coefficient (Wildman–Crippen LogP) is 3.29. The second-order valence-electron chi connectivity index (χ2n) is 3.96. The first-order valence-corrected chi connectivity index (χ1v) is 6.26. The van der Waals surface area contributed by atoms with Crippen LogP contribution in [0.1, 0.15) is 29.6 Å². The van der Waals surface area contributed by atoms with Gasteiger partial charge in [-0.15, -0.1) is 0 Å². The molecule has 0 fully saturated rings. The third-order valence-corrected chi connectivity index (χ3v) is 3.24. The lowest BCUT2D eigenvalue weighted by atomic mass is 10.0. The molecule has 16 heavy (non-hydrogen) atoms. The Morgan fingerprint density at radius 2 is 2.00 bits per heavy atom. The van der Waals surface area contributed by atoms with Crippen LogP contribution in [0.2, 0.25) is 0 Å². The van der Waals surface area contributed by atoms with Gasteiger partial charge in [0.2, 0.25) is 0 Å². The van der Waals surface area contributed by atoms with Crippen LogP contribution < -0.4 is 5.32 Å². The molecular formula is C13H14BrNO. The molecule has 0 bridgehead atoms. The number of amides is 1. The highest BCUT2D eigenvalue weighted by atomic mass is 79.9. The summed E-state index contributed by atoms with van der Waals surface area (Å²) in [5.41, 5.74) is 0.720. The van der Waals surface area contributed by atoms with Crippen molar-refractivity contribution < 1.29 is 4.79 Å². The van der Waals surface area contributed by atoms with E-state index in [1.165, 1.54) is 0 Å². The maximum absolute atomic E-state index is 11.9. The highest BCUT2D eigenvalue weighted by molar-refractivity contribution is 9.10. The van der Waals surface area contributed by atoms with E-state index in [0.717, 1.165) is 29.3 Å². The molecule has 1 aromatic rings. The summed E-state index contributed by atoms with van der Waals surface area (Å²) in [4.78, 5) is 11.9. The molecule has 0 heterocycles. The van der Waals surface area contributed by atoms with E-state index < -0.39 is 0 Å². The van der Waals surface area contributed by atoms with Crippen LogP contribution in [0.25, 0.3) is 0 Å². The average molecular weight is 280 g/mol. The topological polar surface area (TPSA) is 29.1 Å². The minimum atomic E-state index is 0.0211. The largest absolute Gasteiger partial charge is 0.349 e. The molecule has 1 N–H and O–H groups in total. The Bertz CT molecular complexity index is 397. The number of carbonyl (C=O) groups is 1. The van der Waals surface area contributed by atoms with Crippen LogP contribution in [-0.4, -0.2) is 11.9 Å². The molecule has 1 aliphatic carbocycles. The molecular weight excluding hydrogens is 266 g/mol. The summed E-state index contributed by atoms with van der Waals surface area (Å²) < 4.78 is 0.990. The maximum Gasteiger partial charge on any atom is 0.251 e. The molecule has 1 amide bonds. The molecule has 1 aromatic carbocycles. The van der Waals surface area contributed by atoms with Crippen molar-refractivity contribution in [3.8, 4) is 0 Å². The monoisotopic (exact) mass is 279 g/mol. The molecule has 1 atom stereocenters. The number of halogens is 1. The second-order valence-corrected chi connectivity index (χ2v) is 4.88. The van der Waals surface area contributed by atoms with Crippen molar-refractivity contribution in [2.45, 2.75) is 25.3 Å². The molecule has 0 aromatic heterocycles. The standard InChI is InChI=1S/C13H14BrNO/c14-11-8-6-10(7-9-11)13(16)15-12-4-2-1-3-5-12/h1-2,6-9,12H,3-5H2,(H,15,16). The predicted molar refractivity (Wildman–Crippen MR) is 68.4 cm³/mol. The zero-order chi connectivity index (χ0) is 11.4. The van der Waals surface area contributed by atoms with Crippen molar-refractivity contribution in [2.75, 3.05) is 0 Å². The van der Waals surface area contributed by atoms with Crippen molar-refractivity contribution in [2.24, 2.45) is 0 Å². The Morgan fingerprint density at radius 3 is 2.62 bits per heavy atom. The van der Waals surface area contributed by atoms with E-state index in [0.29, 0.717) is 6.04 Å². The second kappa shape index (κ2) is 5.30. The van der Waals surface area contributed by atoms with Gasteiger partial charge in [0, 0.05) is 16.1 Å². The molecule has 0 spiro atoms. The number of rotatable bonds is 2. The number of benzene rings is 1. The average Bonchev–Trinajstić information content (AvgIpc) is 2.31. The van der Waals surface area contributed by atoms with E-state index in [1.54, 1.807) is 0 Å². The highest BCUT2D eigenvalue weighted by Gasteiger charge is 2.13. The van der Waals surface area contributed by atoms with Crippen LogP contribution >= 0.6 is 15.9 Å². The molecule has 0 aliphatic heterocycles. The minimum absolute atomic E-state index is 0.0211. The number of nitrogens with one attached hydrogen (secondary N) is 1. The van der Waals surface area contributed by atoms with Crippen LogP contribution in [-0.2, 0) is 0 Å². The first-order chi connectivity index (χ1) is 7.75. The minimum Gasteiger partial charge on any atom is -0.349 e. The number of allylic oxidation sites excluding steroid dienone is 1. The van der Waals surface area contributed by atoms with Gasteiger partial charge < -0.3 is 5.32 Å². The summed E-state index contributed by atoms with van der Waals surface area (Å²) in [5, 5.41) is 3.05. The SMILES string of the molecule is O=C(NC1CC=CCC1)c1ccc(Br)cc1. The molecule has 2 rings (SSSR count). The van der Waals surface area contributed by atoms with Crippen molar-refractivity contribution in [3.63, 3.8) is 0 Å². The molecule has 1 unspecified atom stereocenters. The van der Waals surface area contributed by atoms with E-state index in [-0.39, 0.29) is 5.91 Å². The lowest BCUT2D eigenvalue weighted by Gasteiger charge is -2.19. The summed E-state index contributed by atoms with van der Waals surface area (Å²) in [6, 6.07) is 7.72. The quantitative estimate of drug-likeness (QED) is 0.827. The normalized spacial score (nSPS) is 19.4. The highest BCUT2D eigenvalue weighted by Crippen LogP contribution is 2.13. The fourth-order valence-corrected chi connectivity index (χ4v) is 2.06. The smallest absolute Gasteiger partial charge is 0.251 e. The van der Waals surface area contributed by atoms with Gasteiger partial charge in [-0.05, 0) is 43.5 Å². The fraction of sp³-hybridized carbons (Fsp3) is 0.308. The summed E-state index contributed by atoms with van der Waals surface area (Å²) in [5.74, 6) is 0.0211. The number of hydrogen-bond donors (Lipinski definition) is 1. The van der Waals surface area contributed by atoms with Crippen LogP contribution in [0, 0.1) is 0 Å². The molecule has 0 saturated heterocycles. The molecule has 2 nitrogen and oxygen atoms in total. The van der Waals surface area contributed by atoms with Crippen molar-refractivity contribution in [1.29, 1.82) is 0 Å². The van der Waals surface area contributed by atoms with E-state index in [1.807, 2.05) is 24.3 Å². The van der Waals surface area contributed by atoms with Gasteiger partial charge in [0.25, 0.3) is 5.91 Å². The van der Waals surface area contributed by atoms with E-state index in [2.05, 4.69) is 33.4 Å². The van der Waals surface area contributed by atoms with Gasteiger partial charge in [-0.25, -0.2) is 0 Å². The third kappa shape index (κ3) is 2.95. The third-order valence-electron chi connectivity index (χ3n) is 2.71. The number of hydrogen-bond acceptors (Lipinski definition) is 1. The number of carbonyl (C=O) groups excluding carboxylic acids is 1. The molecule has 1 aliphatic rings. The van der Waals surface area contributed by atoms with Gasteiger partial charge in [0.15, 0.2) is 0 Å². The van der Waals surface area contributed by atoms with E-state index >= 15 is 0 Å². The molecule has 0 radical (unpaired) electrons. The van der Waals surface area contributed by atoms with Crippen molar-refractivity contribution in [1.82, 2.24) is 5.32 Å². The summed E-state index contributed by atoms with van der Waals surface area (Å²) in [7, 11) is 0. The first-order valence-electron chi connectivity index (χ1n) is 5.47. The van der Waals surface area contributed by atoms with Crippen LogP contribution in [0.15, 0.2) is 40.9 Å². The van der Waals surface area contributed by atoms with Crippen LogP contribution in [0.5, 0.6) is 0 Å². The van der Waals surface area contributed by atoms with Gasteiger partial charge in [-0.2, -0.15) is 0 Å². The maximum atomic E-state index is 11.9. The summed E-state index contributed by atoms with van der Waals surface area (Å²) >= 11 is 3.35. The van der Waals surface area contributed by atoms with Crippen molar-refractivity contribution in [3.05, 3.63) is 46.5 Å². The van der Waals surface area contributed by atoms with Crippen LogP contribution in [0.3, 0.4) is 0 Å². The van der Waals surface area contributed by atoms with E-state index in [4.69, 9.17) is 0 Å².